The number of nitrogens with one attached hydrogen (secondary N) is 3. The highest BCUT2D eigenvalue weighted by Gasteiger charge is 2.28. The van der Waals surface area contributed by atoms with Gasteiger partial charge >= 0.3 is 17.9 Å². The predicted octanol–water partition coefficient (Wildman–Crippen LogP) is -2.86. The molecule has 0 aromatic carbocycles. The van der Waals surface area contributed by atoms with Crippen LogP contribution in [0.1, 0.15) is 26.2 Å². The second kappa shape index (κ2) is 12.6. The molecule has 29 heavy (non-hydrogen) atoms. The van der Waals surface area contributed by atoms with Crippen LogP contribution >= 0.6 is 12.6 Å². The number of carbonyl (C=O) groups excluding carboxylic acids is 3. The fourth-order valence-electron chi connectivity index (χ4n) is 1.96. The number of amides is 3. The molecular formula is C15H24N4O9S. The third-order valence-electron chi connectivity index (χ3n) is 3.56. The van der Waals surface area contributed by atoms with Crippen LogP contribution in [0.5, 0.6) is 0 Å². The molecule has 0 heterocycles. The highest BCUT2D eigenvalue weighted by molar-refractivity contribution is 7.80. The average molecular weight is 436 g/mol. The lowest BCUT2D eigenvalue weighted by Gasteiger charge is -2.22. The van der Waals surface area contributed by atoms with Crippen LogP contribution in [-0.2, 0) is 28.8 Å². The maximum atomic E-state index is 12.4. The van der Waals surface area contributed by atoms with E-state index in [9.17, 15) is 28.8 Å². The summed E-state index contributed by atoms with van der Waals surface area (Å²) in [5.41, 5.74) is 5.40. The maximum absolute atomic E-state index is 12.4. The molecule has 0 saturated heterocycles. The van der Waals surface area contributed by atoms with Crippen molar-refractivity contribution in [2.45, 2.75) is 50.4 Å². The van der Waals surface area contributed by atoms with Crippen LogP contribution < -0.4 is 21.7 Å². The number of hydrogen-bond donors (Lipinski definition) is 8. The quantitative estimate of drug-likeness (QED) is 0.138. The smallest absolute Gasteiger partial charge is 0.327 e. The maximum Gasteiger partial charge on any atom is 0.327 e. The van der Waals surface area contributed by atoms with Crippen molar-refractivity contribution in [3.8, 4) is 0 Å². The number of hydrogen-bond acceptors (Lipinski definition) is 8. The van der Waals surface area contributed by atoms with Gasteiger partial charge in [0.05, 0.1) is 12.5 Å². The fraction of sp³-hybridized carbons (Fsp3) is 0.600. The van der Waals surface area contributed by atoms with Crippen molar-refractivity contribution in [2.75, 3.05) is 5.75 Å². The van der Waals surface area contributed by atoms with Gasteiger partial charge in [-0.3, -0.25) is 24.0 Å². The summed E-state index contributed by atoms with van der Waals surface area (Å²) in [5, 5.41) is 32.9. The Morgan fingerprint density at radius 3 is 1.86 bits per heavy atom. The van der Waals surface area contributed by atoms with Crippen LogP contribution in [0.25, 0.3) is 0 Å². The lowest BCUT2D eigenvalue weighted by Crippen LogP contribution is -2.56. The Morgan fingerprint density at radius 1 is 0.862 bits per heavy atom. The summed E-state index contributed by atoms with van der Waals surface area (Å²) in [6.07, 6.45) is -1.57. The molecule has 0 saturated carbocycles. The summed E-state index contributed by atoms with van der Waals surface area (Å²) in [5.74, 6) is -6.88. The van der Waals surface area contributed by atoms with E-state index < -0.39 is 72.6 Å². The minimum absolute atomic E-state index is 0.194. The Labute approximate surface area is 170 Å². The minimum Gasteiger partial charge on any atom is -0.481 e. The highest BCUT2D eigenvalue weighted by Crippen LogP contribution is 2.01. The molecule has 13 nitrogen and oxygen atoms in total. The number of aliphatic carboxylic acids is 3. The second-order valence-corrected chi connectivity index (χ2v) is 6.38. The molecule has 4 unspecified atom stereocenters. The van der Waals surface area contributed by atoms with Crippen molar-refractivity contribution in [2.24, 2.45) is 5.73 Å². The Morgan fingerprint density at radius 2 is 1.41 bits per heavy atom. The normalized spacial score (nSPS) is 14.6. The molecule has 0 radical (unpaired) electrons. The van der Waals surface area contributed by atoms with Gasteiger partial charge in [0.1, 0.15) is 18.1 Å². The third-order valence-corrected chi connectivity index (χ3v) is 3.93. The number of nitrogens with two attached hydrogens (primary N) is 1. The van der Waals surface area contributed by atoms with Gasteiger partial charge in [0.2, 0.25) is 17.7 Å². The van der Waals surface area contributed by atoms with E-state index in [1.165, 1.54) is 6.92 Å². The van der Waals surface area contributed by atoms with Crippen molar-refractivity contribution < 1.29 is 44.1 Å². The zero-order valence-corrected chi connectivity index (χ0v) is 16.3. The number of carboxylic acids is 3. The molecule has 0 aromatic rings. The summed E-state index contributed by atoms with van der Waals surface area (Å²) in [4.78, 5) is 68.6. The molecule has 4 atom stereocenters. The van der Waals surface area contributed by atoms with Crippen LogP contribution in [0.2, 0.25) is 0 Å². The lowest BCUT2D eigenvalue weighted by molar-refractivity contribution is -0.141. The third kappa shape index (κ3) is 10.3. The van der Waals surface area contributed by atoms with Gasteiger partial charge in [-0.05, 0) is 13.3 Å². The van der Waals surface area contributed by atoms with Gasteiger partial charge in [0.15, 0.2) is 0 Å². The van der Waals surface area contributed by atoms with E-state index in [2.05, 4.69) is 28.6 Å². The van der Waals surface area contributed by atoms with Gasteiger partial charge in [-0.25, -0.2) is 4.79 Å². The fourth-order valence-corrected chi connectivity index (χ4v) is 2.21. The highest BCUT2D eigenvalue weighted by atomic mass is 32.1. The molecule has 8 N–H and O–H groups in total. The van der Waals surface area contributed by atoms with Gasteiger partial charge in [-0.1, -0.05) is 0 Å². The Kier molecular flexibility index (Phi) is 11.3. The zero-order valence-electron chi connectivity index (χ0n) is 15.5. The summed E-state index contributed by atoms with van der Waals surface area (Å²) in [6.45, 7) is 1.25. The van der Waals surface area contributed by atoms with Crippen LogP contribution in [0, 0.1) is 0 Å². The molecule has 0 aromatic heterocycles. The van der Waals surface area contributed by atoms with Crippen LogP contribution in [0.15, 0.2) is 0 Å². The lowest BCUT2D eigenvalue weighted by atomic mass is 10.1. The van der Waals surface area contributed by atoms with Gasteiger partial charge in [0, 0.05) is 12.2 Å². The monoisotopic (exact) mass is 436 g/mol. The number of carboxylic acid groups (broad SMARTS) is 3. The van der Waals surface area contributed by atoms with E-state index >= 15 is 0 Å². The van der Waals surface area contributed by atoms with Crippen molar-refractivity contribution >= 4 is 48.3 Å². The molecular weight excluding hydrogens is 412 g/mol. The molecule has 0 aliphatic heterocycles. The standard InChI is InChI=1S/C15H24N4O9S/c1-6(12(24)19-9(5-29)15(27)28)17-14(26)8(2-3-10(20)21)18-13(25)7(16)4-11(22)23/h6-9,29H,2-5,16H2,1H3,(H,17,26)(H,18,25)(H,19,24)(H,20,21)(H,22,23)(H,27,28). The molecule has 14 heteroatoms. The molecule has 0 bridgehead atoms. The van der Waals surface area contributed by atoms with E-state index in [0.717, 1.165) is 0 Å². The summed E-state index contributed by atoms with van der Waals surface area (Å²) in [6, 6.07) is -5.39. The molecule has 0 aliphatic carbocycles. The molecule has 164 valence electrons. The Hall–Kier alpha value is -2.87. The van der Waals surface area contributed by atoms with Crippen LogP contribution in [0.4, 0.5) is 0 Å². The predicted molar refractivity (Wildman–Crippen MR) is 100 cm³/mol. The number of rotatable bonds is 13. The van der Waals surface area contributed by atoms with Gasteiger partial charge < -0.3 is 37.0 Å². The van der Waals surface area contributed by atoms with Crippen molar-refractivity contribution in [1.29, 1.82) is 0 Å². The van der Waals surface area contributed by atoms with E-state index in [4.69, 9.17) is 21.1 Å². The first-order valence-electron chi connectivity index (χ1n) is 8.33. The molecule has 3 amide bonds. The topological polar surface area (TPSA) is 225 Å². The van der Waals surface area contributed by atoms with Gasteiger partial charge in [-0.2, -0.15) is 12.6 Å². The zero-order chi connectivity index (χ0) is 22.7. The summed E-state index contributed by atoms with van der Waals surface area (Å²) in [7, 11) is 0. The van der Waals surface area contributed by atoms with E-state index in [1.807, 2.05) is 0 Å². The van der Waals surface area contributed by atoms with E-state index in [1.54, 1.807) is 0 Å². The van der Waals surface area contributed by atoms with Crippen molar-refractivity contribution in [3.05, 3.63) is 0 Å². The van der Waals surface area contributed by atoms with Crippen molar-refractivity contribution in [1.82, 2.24) is 16.0 Å². The van der Waals surface area contributed by atoms with Crippen LogP contribution in [-0.4, -0.2) is 80.9 Å². The first kappa shape index (κ1) is 26.1. The summed E-state index contributed by atoms with van der Waals surface area (Å²) >= 11 is 3.79. The Balaban J connectivity index is 5.08. The second-order valence-electron chi connectivity index (χ2n) is 6.01. The van der Waals surface area contributed by atoms with Crippen molar-refractivity contribution in [3.63, 3.8) is 0 Å². The molecule has 0 rings (SSSR count). The molecule has 0 fully saturated rings. The minimum atomic E-state index is -1.47. The number of carbonyl (C=O) groups is 6. The molecule has 0 aliphatic rings. The van der Waals surface area contributed by atoms with E-state index in [-0.39, 0.29) is 12.2 Å². The number of thiol groups is 1. The SMILES string of the molecule is CC(NC(=O)C(CCC(=O)O)NC(=O)C(N)CC(=O)O)C(=O)NC(CS)C(=O)O. The Bertz CT molecular complexity index is 658. The average Bonchev–Trinajstić information content (AvgIpc) is 2.61. The first-order valence-corrected chi connectivity index (χ1v) is 8.96. The largest absolute Gasteiger partial charge is 0.481 e. The van der Waals surface area contributed by atoms with Crippen LogP contribution in [0.3, 0.4) is 0 Å². The van der Waals surface area contributed by atoms with Gasteiger partial charge in [-0.15, -0.1) is 0 Å². The van der Waals surface area contributed by atoms with Gasteiger partial charge in [0.25, 0.3) is 0 Å². The molecule has 0 spiro atoms. The first-order chi connectivity index (χ1) is 13.4. The summed E-state index contributed by atoms with van der Waals surface area (Å²) < 4.78 is 0. The van der Waals surface area contributed by atoms with E-state index in [0.29, 0.717) is 0 Å².